The number of rotatable bonds is 10. The molecule has 2 aromatic heterocycles. The molecule has 4 heteroatoms. The molecule has 0 fully saturated rings. The zero-order valence-electron chi connectivity index (χ0n) is 43.7. The van der Waals surface area contributed by atoms with E-state index in [0.29, 0.717) is 0 Å². The summed E-state index contributed by atoms with van der Waals surface area (Å²) >= 11 is 0. The number of aromatic nitrogens is 4. The van der Waals surface area contributed by atoms with Crippen molar-refractivity contribution >= 4 is 43.6 Å². The van der Waals surface area contributed by atoms with Gasteiger partial charge in [-0.05, 0) is 149 Å². The first-order chi connectivity index (χ1) is 39.7. The van der Waals surface area contributed by atoms with Crippen LogP contribution in [0.5, 0.6) is 0 Å². The number of benzene rings is 13. The Kier molecular flexibility index (Phi) is 11.5. The highest BCUT2D eigenvalue weighted by molar-refractivity contribution is 6.23. The second-order valence-corrected chi connectivity index (χ2v) is 20.4. The minimum Gasteiger partial charge on any atom is -0.292 e. The van der Waals surface area contributed by atoms with Gasteiger partial charge in [0.15, 0.2) is 0 Å². The topological polar surface area (TPSA) is 35.6 Å². The van der Waals surface area contributed by atoms with Crippen molar-refractivity contribution in [3.63, 3.8) is 0 Å². The smallest absolute Gasteiger partial charge is 0.145 e. The average molecular weight is 1020 g/mol. The third-order valence-corrected chi connectivity index (χ3v) is 15.7. The summed E-state index contributed by atoms with van der Waals surface area (Å²) in [5.41, 5.74) is 22.2. The van der Waals surface area contributed by atoms with Crippen molar-refractivity contribution in [2.75, 3.05) is 0 Å². The van der Waals surface area contributed by atoms with Gasteiger partial charge in [-0.1, -0.05) is 243 Å². The predicted octanol–water partition coefficient (Wildman–Crippen LogP) is 20.0. The van der Waals surface area contributed by atoms with Crippen molar-refractivity contribution in [1.82, 2.24) is 19.1 Å². The Hall–Kier alpha value is -10.7. The maximum Gasteiger partial charge on any atom is 0.145 e. The van der Waals surface area contributed by atoms with E-state index in [1.54, 1.807) is 0 Å². The number of imidazole rings is 2. The third kappa shape index (κ3) is 8.09. The second-order valence-electron chi connectivity index (χ2n) is 20.4. The van der Waals surface area contributed by atoms with E-state index in [2.05, 4.69) is 312 Å². The average Bonchev–Trinajstić information content (AvgIpc) is 4.14. The monoisotopic (exact) mass is 1020 g/mol. The van der Waals surface area contributed by atoms with Crippen molar-refractivity contribution in [2.45, 2.75) is 0 Å². The summed E-state index contributed by atoms with van der Waals surface area (Å²) in [5, 5.41) is 4.80. The van der Waals surface area contributed by atoms with Crippen molar-refractivity contribution in [2.24, 2.45) is 0 Å². The van der Waals surface area contributed by atoms with Crippen LogP contribution in [0.25, 0.3) is 145 Å². The first-order valence-corrected chi connectivity index (χ1v) is 27.3. The van der Waals surface area contributed by atoms with Gasteiger partial charge in [0.1, 0.15) is 11.6 Å². The molecule has 0 aliphatic carbocycles. The molecule has 374 valence electrons. The molecule has 80 heavy (non-hydrogen) atoms. The highest BCUT2D eigenvalue weighted by atomic mass is 15.1. The standard InChI is InChI=1S/C76H50N4/c1-7-23-51(24-8-1)73-65-43-39-56(62-36-20-22-38-64(62)58-42-46-72-70(50-58)78-76(54-29-13-4-14-30-54)80(72)60-33-17-6-18-34-60)48-68(65)74(52-25-9-2-10-26-52)66-44-40-55(47-67(66)73)61-35-19-21-37-63(61)57-41-45-71-69(49-57)77-75(53-27-11-3-12-28-53)79(71)59-31-15-5-16-32-59/h1-50H. The van der Waals surface area contributed by atoms with Gasteiger partial charge in [0, 0.05) is 22.5 Å². The number of para-hydroxylation sites is 2. The third-order valence-electron chi connectivity index (χ3n) is 15.7. The fourth-order valence-electron chi connectivity index (χ4n) is 12.1. The van der Waals surface area contributed by atoms with E-state index >= 15 is 0 Å². The first-order valence-electron chi connectivity index (χ1n) is 27.3. The first kappa shape index (κ1) is 46.6. The lowest BCUT2D eigenvalue weighted by molar-refractivity contribution is 1.10. The normalized spacial score (nSPS) is 11.5. The molecule has 0 N–H and O–H groups in total. The van der Waals surface area contributed by atoms with Crippen LogP contribution < -0.4 is 0 Å². The highest BCUT2D eigenvalue weighted by Crippen LogP contribution is 2.48. The number of hydrogen-bond acceptors (Lipinski definition) is 2. The molecule has 0 bridgehead atoms. The lowest BCUT2D eigenvalue weighted by Gasteiger charge is -2.20. The SMILES string of the molecule is c1ccc(-c2c3ccc(-c4ccccc4-c4ccc5c(c4)nc(-c4ccccc4)n5-c4ccccc4)cc3c(-c3ccccc3)c3ccc(-c4ccccc4-c4ccc5c(c4)nc(-c4ccccc4)n5-c4ccccc4)cc23)cc1. The molecule has 0 aliphatic heterocycles. The molecular formula is C76H50N4. The molecule has 13 aromatic carbocycles. The van der Waals surface area contributed by atoms with Crippen LogP contribution in [0, 0.1) is 0 Å². The molecule has 0 radical (unpaired) electrons. The van der Waals surface area contributed by atoms with Crippen molar-refractivity contribution in [1.29, 1.82) is 0 Å². The molecule has 4 nitrogen and oxygen atoms in total. The van der Waals surface area contributed by atoms with Crippen LogP contribution in [0.4, 0.5) is 0 Å². The Morgan fingerprint density at radius 3 is 0.850 bits per heavy atom. The predicted molar refractivity (Wildman–Crippen MR) is 334 cm³/mol. The van der Waals surface area contributed by atoms with Crippen LogP contribution in [0.1, 0.15) is 0 Å². The van der Waals surface area contributed by atoms with Crippen molar-refractivity contribution < 1.29 is 0 Å². The summed E-state index contributed by atoms with van der Waals surface area (Å²) in [5.74, 6) is 1.84. The summed E-state index contributed by atoms with van der Waals surface area (Å²) in [4.78, 5) is 10.7. The Morgan fingerprint density at radius 1 is 0.212 bits per heavy atom. The quantitative estimate of drug-likeness (QED) is 0.128. The summed E-state index contributed by atoms with van der Waals surface area (Å²) in [6, 6.07) is 109. The zero-order valence-corrected chi connectivity index (χ0v) is 43.7. The maximum absolute atomic E-state index is 5.34. The van der Waals surface area contributed by atoms with Crippen LogP contribution in [0.2, 0.25) is 0 Å². The van der Waals surface area contributed by atoms with E-state index in [9.17, 15) is 0 Å². The van der Waals surface area contributed by atoms with Crippen LogP contribution in [0.15, 0.2) is 303 Å². The van der Waals surface area contributed by atoms with E-state index in [0.717, 1.165) is 101 Å². The van der Waals surface area contributed by atoms with E-state index in [1.165, 1.54) is 43.8 Å². The van der Waals surface area contributed by atoms with Crippen LogP contribution in [-0.4, -0.2) is 19.1 Å². The Bertz CT molecular complexity index is 4470. The molecule has 0 aliphatic rings. The zero-order chi connectivity index (χ0) is 52.9. The number of fused-ring (bicyclic) bond motifs is 4. The maximum atomic E-state index is 5.34. The van der Waals surface area contributed by atoms with E-state index in [1.807, 2.05) is 0 Å². The molecule has 0 saturated heterocycles. The van der Waals surface area contributed by atoms with Crippen LogP contribution >= 0.6 is 0 Å². The molecule has 15 rings (SSSR count). The van der Waals surface area contributed by atoms with Gasteiger partial charge in [-0.15, -0.1) is 0 Å². The molecular weight excluding hydrogens is 969 g/mol. The molecule has 0 spiro atoms. The van der Waals surface area contributed by atoms with Gasteiger partial charge in [0.25, 0.3) is 0 Å². The lowest BCUT2D eigenvalue weighted by atomic mass is 9.83. The molecule has 0 saturated carbocycles. The minimum absolute atomic E-state index is 0.918. The number of hydrogen-bond donors (Lipinski definition) is 0. The summed E-state index contributed by atoms with van der Waals surface area (Å²) in [6.45, 7) is 0. The van der Waals surface area contributed by atoms with Gasteiger partial charge in [-0.2, -0.15) is 0 Å². The largest absolute Gasteiger partial charge is 0.292 e. The van der Waals surface area contributed by atoms with Gasteiger partial charge in [0.2, 0.25) is 0 Å². The van der Waals surface area contributed by atoms with Crippen molar-refractivity contribution in [3.05, 3.63) is 303 Å². The van der Waals surface area contributed by atoms with Gasteiger partial charge >= 0.3 is 0 Å². The Morgan fingerprint density at radius 2 is 0.500 bits per heavy atom. The van der Waals surface area contributed by atoms with Gasteiger partial charge in [-0.3, -0.25) is 9.13 Å². The second kappa shape index (κ2) is 19.7. The molecule has 0 unspecified atom stereocenters. The summed E-state index contributed by atoms with van der Waals surface area (Å²) < 4.78 is 4.55. The lowest BCUT2D eigenvalue weighted by Crippen LogP contribution is -1.97. The van der Waals surface area contributed by atoms with Crippen molar-refractivity contribution in [3.8, 4) is 101 Å². The fraction of sp³-hybridized carbons (Fsp3) is 0. The minimum atomic E-state index is 0.918. The van der Waals surface area contributed by atoms with E-state index in [4.69, 9.17) is 9.97 Å². The highest BCUT2D eigenvalue weighted by Gasteiger charge is 2.22. The number of nitrogens with zero attached hydrogens (tertiary/aromatic N) is 4. The van der Waals surface area contributed by atoms with E-state index < -0.39 is 0 Å². The van der Waals surface area contributed by atoms with Gasteiger partial charge in [-0.25, -0.2) is 9.97 Å². The molecule has 0 atom stereocenters. The van der Waals surface area contributed by atoms with Crippen LogP contribution in [0.3, 0.4) is 0 Å². The summed E-state index contributed by atoms with van der Waals surface area (Å²) in [7, 11) is 0. The van der Waals surface area contributed by atoms with Crippen LogP contribution in [-0.2, 0) is 0 Å². The van der Waals surface area contributed by atoms with Gasteiger partial charge in [0.05, 0.1) is 22.1 Å². The fourth-order valence-corrected chi connectivity index (χ4v) is 12.1. The Balaban J connectivity index is 0.895. The molecule has 0 amide bonds. The van der Waals surface area contributed by atoms with E-state index in [-0.39, 0.29) is 0 Å². The molecule has 2 heterocycles. The van der Waals surface area contributed by atoms with Gasteiger partial charge < -0.3 is 0 Å². The summed E-state index contributed by atoms with van der Waals surface area (Å²) in [6.07, 6.45) is 0. The Labute approximate surface area is 464 Å². The molecule has 15 aromatic rings.